The number of sulfonamides is 1. The fourth-order valence-corrected chi connectivity index (χ4v) is 4.46. The molecule has 2 heterocycles. The van der Waals surface area contributed by atoms with Crippen molar-refractivity contribution in [1.82, 2.24) is 14.2 Å². The van der Waals surface area contributed by atoms with E-state index in [4.69, 9.17) is 4.74 Å². The third-order valence-electron chi connectivity index (χ3n) is 4.59. The Morgan fingerprint density at radius 3 is 2.57 bits per heavy atom. The zero-order valence-corrected chi connectivity index (χ0v) is 17.2. The number of nitrogens with zero attached hydrogens (tertiary/aromatic N) is 3. The van der Waals surface area contributed by atoms with Crippen LogP contribution in [0.3, 0.4) is 0 Å². The summed E-state index contributed by atoms with van der Waals surface area (Å²) in [6.07, 6.45) is 3.54. The van der Waals surface area contributed by atoms with Gasteiger partial charge in [-0.1, -0.05) is 12.2 Å². The molecule has 154 valence electrons. The zero-order chi connectivity index (χ0) is 20.7. The first-order chi connectivity index (χ1) is 13.3. The molecule has 0 atom stereocenters. The lowest BCUT2D eigenvalue weighted by Gasteiger charge is -2.30. The summed E-state index contributed by atoms with van der Waals surface area (Å²) >= 11 is 0. The van der Waals surface area contributed by atoms with Crippen molar-refractivity contribution in [2.45, 2.75) is 31.6 Å². The Morgan fingerprint density at radius 2 is 2.04 bits per heavy atom. The van der Waals surface area contributed by atoms with Crippen molar-refractivity contribution >= 4 is 21.9 Å². The molecule has 1 aliphatic rings. The highest BCUT2D eigenvalue weighted by Crippen LogP contribution is 2.24. The van der Waals surface area contributed by atoms with Gasteiger partial charge in [0.15, 0.2) is 6.61 Å². The molecule has 0 aromatic carbocycles. The average molecular weight is 410 g/mol. The third-order valence-corrected chi connectivity index (χ3v) is 6.47. The number of likely N-dealkylation sites (N-methyl/N-ethyl adjacent to an activating group) is 1. The summed E-state index contributed by atoms with van der Waals surface area (Å²) in [7, 11) is -3.61. The topological polar surface area (TPSA) is 96.9 Å². The number of rotatable bonds is 8. The van der Waals surface area contributed by atoms with Crippen LogP contribution in [0.5, 0.6) is 0 Å². The summed E-state index contributed by atoms with van der Waals surface area (Å²) in [5, 5.41) is 0. The second-order valence-corrected chi connectivity index (χ2v) is 8.78. The van der Waals surface area contributed by atoms with Crippen molar-refractivity contribution in [3.8, 4) is 0 Å². The second kappa shape index (κ2) is 9.79. The molecule has 1 aromatic heterocycles. The van der Waals surface area contributed by atoms with E-state index in [-0.39, 0.29) is 30.5 Å². The zero-order valence-electron chi connectivity index (χ0n) is 16.3. The highest BCUT2D eigenvalue weighted by molar-refractivity contribution is 7.89. The predicted octanol–water partition coefficient (Wildman–Crippen LogP) is 1.45. The molecule has 0 radical (unpaired) electrons. The first-order valence-corrected chi connectivity index (χ1v) is 10.7. The van der Waals surface area contributed by atoms with Crippen LogP contribution in [0.1, 0.15) is 26.7 Å². The fourth-order valence-electron chi connectivity index (χ4n) is 3.02. The highest BCUT2D eigenvalue weighted by Gasteiger charge is 2.33. The number of amides is 1. The van der Waals surface area contributed by atoms with Gasteiger partial charge in [0.25, 0.3) is 5.91 Å². The van der Waals surface area contributed by atoms with E-state index in [1.54, 1.807) is 11.0 Å². The maximum atomic E-state index is 12.6. The van der Waals surface area contributed by atoms with E-state index in [2.05, 4.69) is 11.6 Å². The smallest absolute Gasteiger partial charge is 0.309 e. The van der Waals surface area contributed by atoms with Crippen LogP contribution in [-0.2, 0) is 24.3 Å². The van der Waals surface area contributed by atoms with Crippen LogP contribution in [0.2, 0.25) is 0 Å². The quantitative estimate of drug-likeness (QED) is 0.476. The largest absolute Gasteiger partial charge is 0.455 e. The average Bonchev–Trinajstić information content (AvgIpc) is 2.70. The minimum Gasteiger partial charge on any atom is -0.455 e. The van der Waals surface area contributed by atoms with Crippen molar-refractivity contribution < 1.29 is 22.7 Å². The van der Waals surface area contributed by atoms with Gasteiger partial charge in [-0.2, -0.15) is 4.31 Å². The minimum absolute atomic E-state index is 0.138. The first kappa shape index (κ1) is 22.0. The molecule has 0 unspecified atom stereocenters. The predicted molar refractivity (Wildman–Crippen MR) is 104 cm³/mol. The number of carbonyl (C=O) groups is 2. The second-order valence-electron chi connectivity index (χ2n) is 6.84. The van der Waals surface area contributed by atoms with E-state index in [0.29, 0.717) is 25.9 Å². The van der Waals surface area contributed by atoms with E-state index in [9.17, 15) is 18.0 Å². The van der Waals surface area contributed by atoms with Gasteiger partial charge in [-0.25, -0.2) is 8.42 Å². The summed E-state index contributed by atoms with van der Waals surface area (Å²) in [4.78, 5) is 30.0. The summed E-state index contributed by atoms with van der Waals surface area (Å²) in [6, 6.07) is 3.07. The van der Waals surface area contributed by atoms with Gasteiger partial charge in [-0.15, -0.1) is 0 Å². The molecule has 0 bridgehead atoms. The Balaban J connectivity index is 1.85. The number of piperidine rings is 1. The number of hydrogen-bond acceptors (Lipinski definition) is 6. The lowest BCUT2D eigenvalue weighted by Crippen LogP contribution is -2.41. The Morgan fingerprint density at radius 1 is 1.36 bits per heavy atom. The Bertz CT molecular complexity index is 802. The lowest BCUT2D eigenvalue weighted by molar-refractivity contribution is -0.156. The summed E-state index contributed by atoms with van der Waals surface area (Å²) in [6.45, 7) is 8.53. The van der Waals surface area contributed by atoms with Crippen molar-refractivity contribution in [2.75, 3.05) is 32.8 Å². The number of aromatic nitrogens is 1. The van der Waals surface area contributed by atoms with Gasteiger partial charge >= 0.3 is 5.97 Å². The fraction of sp³-hybridized carbons (Fsp3) is 0.526. The Kier molecular flexibility index (Phi) is 7.70. The molecule has 28 heavy (non-hydrogen) atoms. The number of esters is 1. The standard InChI is InChI=1S/C19H27N3O5S/c1-4-21(13-15(2)3)18(23)14-27-19(24)16-7-10-22(11-8-16)28(25,26)17-6-5-9-20-12-17/h5-6,9,12,16H,2,4,7-8,10-11,13-14H2,1,3H3. The number of pyridine rings is 1. The highest BCUT2D eigenvalue weighted by atomic mass is 32.2. The van der Waals surface area contributed by atoms with Crippen LogP contribution in [0, 0.1) is 5.92 Å². The van der Waals surface area contributed by atoms with Gasteiger partial charge in [0.05, 0.1) is 5.92 Å². The molecule has 9 heteroatoms. The molecule has 1 aromatic rings. The number of carbonyl (C=O) groups excluding carboxylic acids is 2. The summed E-state index contributed by atoms with van der Waals surface area (Å²) < 4.78 is 31.7. The number of ether oxygens (including phenoxy) is 1. The molecule has 0 saturated carbocycles. The summed E-state index contributed by atoms with van der Waals surface area (Å²) in [5.41, 5.74) is 0.851. The van der Waals surface area contributed by atoms with Crippen LogP contribution in [0.25, 0.3) is 0 Å². The molecular formula is C19H27N3O5S. The molecule has 0 N–H and O–H groups in total. The van der Waals surface area contributed by atoms with Crippen molar-refractivity contribution in [1.29, 1.82) is 0 Å². The molecule has 1 amide bonds. The molecule has 8 nitrogen and oxygen atoms in total. The first-order valence-electron chi connectivity index (χ1n) is 9.24. The van der Waals surface area contributed by atoms with E-state index >= 15 is 0 Å². The van der Waals surface area contributed by atoms with E-state index in [1.807, 2.05) is 13.8 Å². The van der Waals surface area contributed by atoms with Gasteiger partial charge in [0.2, 0.25) is 10.0 Å². The van der Waals surface area contributed by atoms with Crippen molar-refractivity contribution in [2.24, 2.45) is 5.92 Å². The van der Waals surface area contributed by atoms with Gasteiger partial charge < -0.3 is 9.64 Å². The van der Waals surface area contributed by atoms with E-state index < -0.39 is 21.9 Å². The normalized spacial score (nSPS) is 15.8. The van der Waals surface area contributed by atoms with Crippen molar-refractivity contribution in [3.05, 3.63) is 36.7 Å². The molecule has 0 aliphatic carbocycles. The maximum Gasteiger partial charge on any atom is 0.309 e. The monoisotopic (exact) mass is 409 g/mol. The Hall–Kier alpha value is -2.26. The van der Waals surface area contributed by atoms with Crippen molar-refractivity contribution in [3.63, 3.8) is 0 Å². The molecule has 0 spiro atoms. The number of hydrogen-bond donors (Lipinski definition) is 0. The van der Waals surface area contributed by atoms with Crippen LogP contribution in [0.15, 0.2) is 41.6 Å². The van der Waals surface area contributed by atoms with Gasteiger partial charge in [0, 0.05) is 38.6 Å². The van der Waals surface area contributed by atoms with Gasteiger partial charge in [-0.05, 0) is 38.8 Å². The van der Waals surface area contributed by atoms with Gasteiger partial charge in [0.1, 0.15) is 4.90 Å². The Labute approximate surface area is 166 Å². The summed E-state index contributed by atoms with van der Waals surface area (Å²) in [5.74, 6) is -1.14. The molecular weight excluding hydrogens is 382 g/mol. The molecule has 1 aliphatic heterocycles. The van der Waals surface area contributed by atoms with E-state index in [0.717, 1.165) is 5.57 Å². The molecule has 1 saturated heterocycles. The van der Waals surface area contributed by atoms with Crippen LogP contribution in [-0.4, -0.2) is 67.3 Å². The lowest BCUT2D eigenvalue weighted by atomic mass is 9.98. The maximum absolute atomic E-state index is 12.6. The van der Waals surface area contributed by atoms with Crippen LogP contribution in [0.4, 0.5) is 0 Å². The third kappa shape index (κ3) is 5.62. The van der Waals surface area contributed by atoms with E-state index in [1.165, 1.54) is 22.8 Å². The minimum atomic E-state index is -3.61. The molecule has 1 fully saturated rings. The SMILES string of the molecule is C=C(C)CN(CC)C(=O)COC(=O)C1CCN(S(=O)(=O)c2cccnc2)CC1. The van der Waals surface area contributed by atoms with Gasteiger partial charge in [-0.3, -0.25) is 14.6 Å². The molecule has 2 rings (SSSR count). The van der Waals surface area contributed by atoms with Crippen LogP contribution < -0.4 is 0 Å². The van der Waals surface area contributed by atoms with Crippen LogP contribution >= 0.6 is 0 Å².